The number of aliphatic hydroxyl groups is 1. The number of pyridine rings is 1. The molecule has 2 unspecified atom stereocenters. The number of nitrogens with one attached hydrogen (secondary N) is 1. The highest BCUT2D eigenvalue weighted by molar-refractivity contribution is 6.29. The van der Waals surface area contributed by atoms with Gasteiger partial charge in [-0.3, -0.25) is 0 Å². The van der Waals surface area contributed by atoms with Crippen molar-refractivity contribution in [3.63, 3.8) is 0 Å². The van der Waals surface area contributed by atoms with Gasteiger partial charge in [0.15, 0.2) is 0 Å². The molecule has 7 heteroatoms. The molecule has 1 saturated carbocycles. The largest absolute Gasteiger partial charge is 0.416 e. The van der Waals surface area contributed by atoms with Gasteiger partial charge in [-0.2, -0.15) is 13.2 Å². The molecule has 0 bridgehead atoms. The van der Waals surface area contributed by atoms with E-state index >= 15 is 0 Å². The summed E-state index contributed by atoms with van der Waals surface area (Å²) in [5, 5.41) is 12.1. The van der Waals surface area contributed by atoms with Crippen molar-refractivity contribution >= 4 is 17.4 Å². The van der Waals surface area contributed by atoms with Crippen molar-refractivity contribution in [2.75, 3.05) is 18.5 Å². The molecule has 1 aliphatic rings. The molecule has 21 heavy (non-hydrogen) atoms. The Hall–Kier alpha value is -1.01. The smallest absolute Gasteiger partial charge is 0.396 e. The summed E-state index contributed by atoms with van der Waals surface area (Å²) in [5.74, 6) is 0.573. The lowest BCUT2D eigenvalue weighted by Crippen LogP contribution is -2.28. The minimum atomic E-state index is -4.44. The predicted octanol–water partition coefficient (Wildman–Crippen LogP) is 3.96. The highest BCUT2D eigenvalue weighted by Crippen LogP contribution is 2.33. The van der Waals surface area contributed by atoms with Gasteiger partial charge >= 0.3 is 6.18 Å². The van der Waals surface area contributed by atoms with Crippen molar-refractivity contribution in [1.82, 2.24) is 4.98 Å². The van der Waals surface area contributed by atoms with Gasteiger partial charge in [0, 0.05) is 13.2 Å². The first-order valence-electron chi connectivity index (χ1n) is 6.99. The Labute approximate surface area is 126 Å². The lowest BCUT2D eigenvalue weighted by Gasteiger charge is -2.30. The molecule has 0 aromatic carbocycles. The van der Waals surface area contributed by atoms with Crippen molar-refractivity contribution in [3.05, 3.63) is 22.8 Å². The van der Waals surface area contributed by atoms with E-state index in [0.29, 0.717) is 6.54 Å². The van der Waals surface area contributed by atoms with Crippen LogP contribution < -0.4 is 5.32 Å². The molecule has 1 aliphatic carbocycles. The Morgan fingerprint density at radius 2 is 1.90 bits per heavy atom. The number of hydrogen-bond acceptors (Lipinski definition) is 3. The first-order valence-corrected chi connectivity index (χ1v) is 7.37. The maximum absolute atomic E-state index is 12.7. The maximum Gasteiger partial charge on any atom is 0.416 e. The van der Waals surface area contributed by atoms with Gasteiger partial charge in [0.2, 0.25) is 0 Å². The maximum atomic E-state index is 12.7. The Morgan fingerprint density at radius 3 is 2.52 bits per heavy atom. The highest BCUT2D eigenvalue weighted by atomic mass is 35.5. The Bertz CT molecular complexity index is 482. The van der Waals surface area contributed by atoms with Gasteiger partial charge in [-0.15, -0.1) is 0 Å². The Balaban J connectivity index is 2.04. The molecule has 1 aromatic rings. The van der Waals surface area contributed by atoms with E-state index in [2.05, 4.69) is 10.3 Å². The molecule has 0 amide bonds. The summed E-state index contributed by atoms with van der Waals surface area (Å²) >= 11 is 5.64. The van der Waals surface area contributed by atoms with Gasteiger partial charge in [-0.1, -0.05) is 24.4 Å². The SMILES string of the molecule is OCC1CCCCC1CNc1cc(C(F)(F)F)cc(Cl)n1. The third kappa shape index (κ3) is 4.48. The van der Waals surface area contributed by atoms with Crippen LogP contribution in [-0.4, -0.2) is 23.2 Å². The van der Waals surface area contributed by atoms with E-state index in [9.17, 15) is 18.3 Å². The monoisotopic (exact) mass is 322 g/mol. The zero-order chi connectivity index (χ0) is 15.5. The van der Waals surface area contributed by atoms with Crippen molar-refractivity contribution in [2.45, 2.75) is 31.9 Å². The molecule has 1 fully saturated rings. The molecule has 0 aliphatic heterocycles. The van der Waals surface area contributed by atoms with E-state index < -0.39 is 11.7 Å². The molecular formula is C14H18ClF3N2O. The zero-order valence-electron chi connectivity index (χ0n) is 11.5. The number of anilines is 1. The molecule has 3 nitrogen and oxygen atoms in total. The van der Waals surface area contributed by atoms with Crippen LogP contribution in [0.1, 0.15) is 31.2 Å². The van der Waals surface area contributed by atoms with E-state index in [0.717, 1.165) is 37.8 Å². The van der Waals surface area contributed by atoms with E-state index in [1.807, 2.05) is 0 Å². The number of aromatic nitrogens is 1. The number of halogens is 4. The molecule has 2 rings (SSSR count). The van der Waals surface area contributed by atoms with Crippen LogP contribution in [0, 0.1) is 11.8 Å². The Kier molecular flexibility index (Phi) is 5.32. The van der Waals surface area contributed by atoms with Crippen LogP contribution in [-0.2, 0) is 6.18 Å². The van der Waals surface area contributed by atoms with Crippen LogP contribution in [0.3, 0.4) is 0 Å². The normalized spacial score (nSPS) is 23.1. The summed E-state index contributed by atoms with van der Waals surface area (Å²) in [6.45, 7) is 0.610. The average molecular weight is 323 g/mol. The number of rotatable bonds is 4. The van der Waals surface area contributed by atoms with Crippen LogP contribution in [0.2, 0.25) is 5.15 Å². The van der Waals surface area contributed by atoms with Gasteiger partial charge in [0.25, 0.3) is 0 Å². The average Bonchev–Trinajstić information content (AvgIpc) is 2.44. The van der Waals surface area contributed by atoms with Crippen molar-refractivity contribution in [1.29, 1.82) is 0 Å². The summed E-state index contributed by atoms with van der Waals surface area (Å²) in [4.78, 5) is 3.87. The molecule has 1 aromatic heterocycles. The van der Waals surface area contributed by atoms with Crippen molar-refractivity contribution in [2.24, 2.45) is 11.8 Å². The quantitative estimate of drug-likeness (QED) is 0.825. The zero-order valence-corrected chi connectivity index (χ0v) is 12.2. The fourth-order valence-corrected chi connectivity index (χ4v) is 2.99. The summed E-state index contributed by atoms with van der Waals surface area (Å²) < 4.78 is 38.1. The van der Waals surface area contributed by atoms with Crippen LogP contribution in [0.15, 0.2) is 12.1 Å². The van der Waals surface area contributed by atoms with Gasteiger partial charge in [-0.05, 0) is 36.8 Å². The third-order valence-electron chi connectivity index (χ3n) is 3.97. The summed E-state index contributed by atoms with van der Waals surface area (Å²) in [5.41, 5.74) is -0.813. The first-order chi connectivity index (χ1) is 9.90. The molecule has 0 radical (unpaired) electrons. The van der Waals surface area contributed by atoms with Gasteiger partial charge in [0.05, 0.1) is 5.56 Å². The van der Waals surface area contributed by atoms with E-state index in [4.69, 9.17) is 11.6 Å². The van der Waals surface area contributed by atoms with Crippen LogP contribution in [0.4, 0.5) is 19.0 Å². The molecule has 118 valence electrons. The molecule has 0 saturated heterocycles. The van der Waals surface area contributed by atoms with E-state index in [1.54, 1.807) is 0 Å². The number of alkyl halides is 3. The predicted molar refractivity (Wildman–Crippen MR) is 75.3 cm³/mol. The standard InChI is InChI=1S/C14H18ClF3N2O/c15-12-5-11(14(16,17)18)6-13(20-12)19-7-9-3-1-2-4-10(9)8-21/h5-6,9-10,21H,1-4,7-8H2,(H,19,20). The van der Waals surface area contributed by atoms with Crippen molar-refractivity contribution in [3.8, 4) is 0 Å². The lowest BCUT2D eigenvalue weighted by molar-refractivity contribution is -0.137. The minimum absolute atomic E-state index is 0.114. The summed E-state index contributed by atoms with van der Waals surface area (Å²) in [6.07, 6.45) is -0.346. The first kappa shape index (κ1) is 16.4. The molecule has 2 atom stereocenters. The molecule has 2 N–H and O–H groups in total. The Morgan fingerprint density at radius 1 is 1.24 bits per heavy atom. The van der Waals surface area contributed by atoms with Gasteiger partial charge < -0.3 is 10.4 Å². The number of hydrogen-bond donors (Lipinski definition) is 2. The fraction of sp³-hybridized carbons (Fsp3) is 0.643. The molecule has 1 heterocycles. The van der Waals surface area contributed by atoms with Crippen LogP contribution in [0.5, 0.6) is 0 Å². The lowest BCUT2D eigenvalue weighted by atomic mass is 9.79. The minimum Gasteiger partial charge on any atom is -0.396 e. The van der Waals surface area contributed by atoms with Gasteiger partial charge in [0.1, 0.15) is 11.0 Å². The second-order valence-corrected chi connectivity index (χ2v) is 5.82. The van der Waals surface area contributed by atoms with Crippen LogP contribution >= 0.6 is 11.6 Å². The summed E-state index contributed by atoms with van der Waals surface area (Å²) in [7, 11) is 0. The van der Waals surface area contributed by atoms with E-state index in [-0.39, 0.29) is 29.4 Å². The second kappa shape index (κ2) is 6.83. The second-order valence-electron chi connectivity index (χ2n) is 5.43. The molecular weight excluding hydrogens is 305 g/mol. The van der Waals surface area contributed by atoms with Crippen molar-refractivity contribution < 1.29 is 18.3 Å². The van der Waals surface area contributed by atoms with E-state index in [1.165, 1.54) is 0 Å². The highest BCUT2D eigenvalue weighted by Gasteiger charge is 2.31. The summed E-state index contributed by atoms with van der Waals surface area (Å²) in [6, 6.07) is 1.77. The molecule has 0 spiro atoms. The topological polar surface area (TPSA) is 45.1 Å². The number of aliphatic hydroxyl groups excluding tert-OH is 1. The third-order valence-corrected chi connectivity index (χ3v) is 4.16. The number of nitrogens with zero attached hydrogens (tertiary/aromatic N) is 1. The fourth-order valence-electron chi connectivity index (χ4n) is 2.78. The van der Waals surface area contributed by atoms with Gasteiger partial charge in [-0.25, -0.2) is 4.98 Å². The van der Waals surface area contributed by atoms with Crippen LogP contribution in [0.25, 0.3) is 0 Å².